The van der Waals surface area contributed by atoms with Crippen molar-refractivity contribution in [3.63, 3.8) is 0 Å². The van der Waals surface area contributed by atoms with Gasteiger partial charge in [0, 0.05) is 51.9 Å². The Balaban J connectivity index is 1.22. The summed E-state index contributed by atoms with van der Waals surface area (Å²) in [5.74, 6) is 2.50. The van der Waals surface area contributed by atoms with Gasteiger partial charge in [0.1, 0.15) is 17.3 Å². The standard InChI is InChI=1S/C46H52N4O/c1-30-31(2)49(36-24-33(45(6,7)8)23-34(25-36)46(9,10)11)29-48(30)35-15-14-16-37(27-35)51-38-19-20-40-39-17-12-13-18-41(39)50(42(40)28-38)43-26-32(21-22-47-43)44(3,4)5/h12-28H,29H2,1-11H3. The van der Waals surface area contributed by atoms with Gasteiger partial charge in [0.15, 0.2) is 0 Å². The molecule has 1 aliphatic rings. The molecule has 51 heavy (non-hydrogen) atoms. The number of anilines is 2. The quantitative estimate of drug-likeness (QED) is 0.182. The SMILES string of the molecule is CC1=C(C)N(c2cc(C(C)(C)C)cc(C(C)(C)C)c2)CN1c1cccc(Oc2ccc3c4ccccc4n(-c4cc(C(C)(C)C)ccn4)c3c2)c1. The third kappa shape index (κ3) is 6.51. The molecular weight excluding hydrogens is 625 g/mol. The van der Waals surface area contributed by atoms with Crippen molar-refractivity contribution in [1.82, 2.24) is 9.55 Å². The molecule has 262 valence electrons. The second-order valence-electron chi connectivity index (χ2n) is 17.2. The third-order valence-corrected chi connectivity index (χ3v) is 10.4. The predicted molar refractivity (Wildman–Crippen MR) is 216 cm³/mol. The van der Waals surface area contributed by atoms with Crippen LogP contribution in [0.5, 0.6) is 11.5 Å². The second kappa shape index (κ2) is 12.3. The number of nitrogens with zero attached hydrogens (tertiary/aromatic N) is 4. The first-order valence-electron chi connectivity index (χ1n) is 18.2. The van der Waals surface area contributed by atoms with Crippen LogP contribution in [-0.2, 0) is 16.2 Å². The molecule has 3 heterocycles. The summed E-state index contributed by atoms with van der Waals surface area (Å²) in [4.78, 5) is 9.68. The Labute approximate surface area is 304 Å². The summed E-state index contributed by atoms with van der Waals surface area (Å²) in [6, 6.07) is 34.9. The van der Waals surface area contributed by atoms with Crippen LogP contribution in [0.15, 0.2) is 115 Å². The molecule has 0 aliphatic carbocycles. The molecule has 0 atom stereocenters. The summed E-state index contributed by atoms with van der Waals surface area (Å²) < 4.78 is 8.90. The van der Waals surface area contributed by atoms with Crippen molar-refractivity contribution in [3.8, 4) is 17.3 Å². The molecule has 0 N–H and O–H groups in total. The first-order chi connectivity index (χ1) is 24.0. The minimum Gasteiger partial charge on any atom is -0.457 e. The molecule has 0 saturated carbocycles. The molecule has 4 aromatic carbocycles. The van der Waals surface area contributed by atoms with Gasteiger partial charge in [-0.25, -0.2) is 4.98 Å². The number of rotatable bonds is 5. The van der Waals surface area contributed by atoms with Crippen LogP contribution in [0, 0.1) is 0 Å². The van der Waals surface area contributed by atoms with Crippen LogP contribution in [0.4, 0.5) is 11.4 Å². The molecule has 5 nitrogen and oxygen atoms in total. The Bertz CT molecular complexity index is 2270. The number of ether oxygens (including phenoxy) is 1. The lowest BCUT2D eigenvalue weighted by Gasteiger charge is -2.30. The average molecular weight is 677 g/mol. The predicted octanol–water partition coefficient (Wildman–Crippen LogP) is 12.4. The number of allylic oxidation sites excluding steroid dienone is 2. The first kappa shape index (κ1) is 34.4. The van der Waals surface area contributed by atoms with Crippen LogP contribution in [-0.4, -0.2) is 16.2 Å². The maximum atomic E-state index is 6.64. The van der Waals surface area contributed by atoms with Gasteiger partial charge in [-0.05, 0) is 101 Å². The van der Waals surface area contributed by atoms with Crippen LogP contribution in [0.3, 0.4) is 0 Å². The number of fused-ring (bicyclic) bond motifs is 3. The van der Waals surface area contributed by atoms with Crippen molar-refractivity contribution < 1.29 is 4.74 Å². The fraction of sp³-hybridized carbons (Fsp3) is 0.326. The zero-order valence-electron chi connectivity index (χ0n) is 32.2. The summed E-state index contributed by atoms with van der Waals surface area (Å²) in [6.07, 6.45) is 1.92. The number of hydrogen-bond acceptors (Lipinski definition) is 4. The van der Waals surface area contributed by atoms with Crippen LogP contribution in [0.1, 0.15) is 92.9 Å². The second-order valence-corrected chi connectivity index (χ2v) is 17.2. The van der Waals surface area contributed by atoms with Crippen LogP contribution < -0.4 is 14.5 Å². The van der Waals surface area contributed by atoms with Gasteiger partial charge in [-0.15, -0.1) is 0 Å². The molecule has 0 bridgehead atoms. The van der Waals surface area contributed by atoms with Crippen LogP contribution in [0.25, 0.3) is 27.6 Å². The summed E-state index contributed by atoms with van der Waals surface area (Å²) in [6.45, 7) is 25.7. The van der Waals surface area contributed by atoms with Crippen molar-refractivity contribution in [1.29, 1.82) is 0 Å². The highest BCUT2D eigenvalue weighted by atomic mass is 16.5. The average Bonchev–Trinajstić information content (AvgIpc) is 3.56. The number of para-hydroxylation sites is 1. The minimum atomic E-state index is 0.0139. The first-order valence-corrected chi connectivity index (χ1v) is 18.2. The van der Waals surface area contributed by atoms with Gasteiger partial charge < -0.3 is 14.5 Å². The Morgan fingerprint density at radius 2 is 1.14 bits per heavy atom. The van der Waals surface area contributed by atoms with Gasteiger partial charge in [0.25, 0.3) is 0 Å². The van der Waals surface area contributed by atoms with E-state index in [1.54, 1.807) is 0 Å². The van der Waals surface area contributed by atoms with Gasteiger partial charge in [0.05, 0.1) is 17.7 Å². The zero-order valence-corrected chi connectivity index (χ0v) is 32.2. The number of pyridine rings is 1. The van der Waals surface area contributed by atoms with Crippen LogP contribution >= 0.6 is 0 Å². The van der Waals surface area contributed by atoms with Gasteiger partial charge in [-0.2, -0.15) is 0 Å². The number of hydrogen-bond donors (Lipinski definition) is 0. The normalized spacial score (nSPS) is 14.3. The lowest BCUT2D eigenvalue weighted by Crippen LogP contribution is -2.28. The Morgan fingerprint density at radius 3 is 1.80 bits per heavy atom. The topological polar surface area (TPSA) is 33.5 Å². The highest BCUT2D eigenvalue weighted by molar-refractivity contribution is 6.09. The van der Waals surface area contributed by atoms with E-state index in [0.717, 1.165) is 40.7 Å². The van der Waals surface area contributed by atoms with E-state index in [4.69, 9.17) is 9.72 Å². The van der Waals surface area contributed by atoms with Gasteiger partial charge in [0.2, 0.25) is 0 Å². The molecule has 0 radical (unpaired) electrons. The lowest BCUT2D eigenvalue weighted by atomic mass is 9.80. The molecule has 0 unspecified atom stereocenters. The Morgan fingerprint density at radius 1 is 0.529 bits per heavy atom. The molecule has 1 aliphatic heterocycles. The fourth-order valence-electron chi connectivity index (χ4n) is 7.05. The highest BCUT2D eigenvalue weighted by Gasteiger charge is 2.29. The monoisotopic (exact) mass is 676 g/mol. The zero-order chi connectivity index (χ0) is 36.5. The van der Waals surface area contributed by atoms with Crippen molar-refractivity contribution >= 4 is 33.2 Å². The van der Waals surface area contributed by atoms with Crippen molar-refractivity contribution in [2.45, 2.75) is 92.4 Å². The van der Waals surface area contributed by atoms with Crippen molar-refractivity contribution in [3.05, 3.63) is 131 Å². The third-order valence-electron chi connectivity index (χ3n) is 10.4. The van der Waals surface area contributed by atoms with E-state index in [-0.39, 0.29) is 16.2 Å². The molecular formula is C46H52N4O. The van der Waals surface area contributed by atoms with Gasteiger partial charge in [-0.3, -0.25) is 4.57 Å². The van der Waals surface area contributed by atoms with E-state index in [9.17, 15) is 0 Å². The van der Waals surface area contributed by atoms with Gasteiger partial charge >= 0.3 is 0 Å². The molecule has 6 aromatic rings. The smallest absolute Gasteiger partial charge is 0.137 e. The molecule has 0 spiro atoms. The maximum Gasteiger partial charge on any atom is 0.137 e. The van der Waals surface area contributed by atoms with Crippen molar-refractivity contribution in [2.24, 2.45) is 0 Å². The molecule has 0 saturated heterocycles. The summed E-state index contributed by atoms with van der Waals surface area (Å²) in [5.41, 5.74) is 11.1. The number of benzene rings is 4. The van der Waals surface area contributed by atoms with E-state index >= 15 is 0 Å². The fourth-order valence-corrected chi connectivity index (χ4v) is 7.05. The largest absolute Gasteiger partial charge is 0.457 e. The summed E-state index contributed by atoms with van der Waals surface area (Å²) in [7, 11) is 0. The van der Waals surface area contributed by atoms with E-state index in [2.05, 4.69) is 182 Å². The van der Waals surface area contributed by atoms with E-state index in [1.807, 2.05) is 12.3 Å². The molecule has 0 fully saturated rings. The molecule has 7 rings (SSSR count). The van der Waals surface area contributed by atoms with E-state index in [1.165, 1.54) is 44.5 Å². The minimum absolute atomic E-state index is 0.0139. The summed E-state index contributed by atoms with van der Waals surface area (Å²) >= 11 is 0. The highest BCUT2D eigenvalue weighted by Crippen LogP contribution is 2.40. The summed E-state index contributed by atoms with van der Waals surface area (Å²) in [5, 5.41) is 2.37. The maximum absolute atomic E-state index is 6.64. The number of aromatic nitrogens is 2. The lowest BCUT2D eigenvalue weighted by molar-refractivity contribution is 0.483. The van der Waals surface area contributed by atoms with Crippen molar-refractivity contribution in [2.75, 3.05) is 16.5 Å². The molecule has 0 amide bonds. The van der Waals surface area contributed by atoms with Crippen LogP contribution in [0.2, 0.25) is 0 Å². The Kier molecular flexibility index (Phi) is 8.32. The van der Waals surface area contributed by atoms with E-state index in [0.29, 0.717) is 0 Å². The van der Waals surface area contributed by atoms with E-state index < -0.39 is 0 Å². The van der Waals surface area contributed by atoms with Gasteiger partial charge in [-0.1, -0.05) is 92.6 Å². The molecule has 2 aromatic heterocycles. The molecule has 5 heteroatoms. The Hall–Kier alpha value is -5.03.